The summed E-state index contributed by atoms with van der Waals surface area (Å²) in [7, 11) is 0. The average Bonchev–Trinajstić information content (AvgIpc) is 2.69. The number of H-pyrrole nitrogens is 1. The van der Waals surface area contributed by atoms with E-state index in [9.17, 15) is 4.79 Å². The fourth-order valence-corrected chi connectivity index (χ4v) is 1.66. The van der Waals surface area contributed by atoms with Gasteiger partial charge in [0.05, 0.1) is 24.1 Å². The van der Waals surface area contributed by atoms with E-state index in [-0.39, 0.29) is 12.4 Å². The lowest BCUT2D eigenvalue weighted by Crippen LogP contribution is -2.11. The summed E-state index contributed by atoms with van der Waals surface area (Å²) in [6.07, 6.45) is 0.258. The Hall–Kier alpha value is -1.88. The molecule has 1 aromatic carbocycles. The van der Waals surface area contributed by atoms with Crippen LogP contribution in [0.2, 0.25) is 0 Å². The third-order valence-corrected chi connectivity index (χ3v) is 2.46. The number of rotatable bonds is 5. The Morgan fingerprint density at radius 3 is 3.06 bits per heavy atom. The molecule has 2 aromatic rings. The van der Waals surface area contributed by atoms with Gasteiger partial charge in [0.1, 0.15) is 11.6 Å². The molecule has 0 aliphatic heterocycles. The van der Waals surface area contributed by atoms with Crippen molar-refractivity contribution in [3.8, 4) is 5.75 Å². The fraction of sp³-hybridized carbons (Fsp3) is 0.385. The maximum atomic E-state index is 11.5. The van der Waals surface area contributed by atoms with Crippen molar-refractivity contribution < 1.29 is 14.3 Å². The van der Waals surface area contributed by atoms with E-state index < -0.39 is 0 Å². The Morgan fingerprint density at radius 1 is 1.44 bits per heavy atom. The van der Waals surface area contributed by atoms with E-state index in [0.717, 1.165) is 16.9 Å². The molecule has 2 rings (SSSR count). The Labute approximate surface area is 105 Å². The molecule has 5 nitrogen and oxygen atoms in total. The molecule has 0 atom stereocenters. The molecule has 0 bridgehead atoms. The first kappa shape index (κ1) is 12.6. The smallest absolute Gasteiger partial charge is 0.313 e. The van der Waals surface area contributed by atoms with Gasteiger partial charge in [0, 0.05) is 12.7 Å². The number of benzene rings is 1. The van der Waals surface area contributed by atoms with Gasteiger partial charge in [-0.3, -0.25) is 4.79 Å². The van der Waals surface area contributed by atoms with Crippen molar-refractivity contribution in [2.45, 2.75) is 20.3 Å². The molecule has 1 aromatic heterocycles. The van der Waals surface area contributed by atoms with Crippen molar-refractivity contribution in [2.75, 3.05) is 13.2 Å². The zero-order chi connectivity index (χ0) is 13.0. The van der Waals surface area contributed by atoms with Gasteiger partial charge in [0.25, 0.3) is 0 Å². The third kappa shape index (κ3) is 3.07. The number of carbonyl (C=O) groups is 1. The standard InChI is InChI=1S/C13H16N2O3/c1-3-17-7-6-13(16)18-10-4-5-11-12(8-10)15-9(2)14-11/h4-5,8H,3,6-7H2,1-2H3,(H,14,15). The minimum atomic E-state index is -0.293. The minimum Gasteiger partial charge on any atom is -0.426 e. The van der Waals surface area contributed by atoms with Crippen LogP contribution in [-0.2, 0) is 9.53 Å². The molecule has 0 radical (unpaired) electrons. The van der Waals surface area contributed by atoms with Crippen LogP contribution >= 0.6 is 0 Å². The molecule has 0 spiro atoms. The third-order valence-electron chi connectivity index (χ3n) is 2.46. The highest BCUT2D eigenvalue weighted by Gasteiger charge is 2.06. The Bertz CT molecular complexity index is 548. The number of aromatic amines is 1. The van der Waals surface area contributed by atoms with Gasteiger partial charge in [0.2, 0.25) is 0 Å². The topological polar surface area (TPSA) is 64.2 Å². The number of nitrogens with zero attached hydrogens (tertiary/aromatic N) is 1. The van der Waals surface area contributed by atoms with E-state index in [4.69, 9.17) is 9.47 Å². The molecule has 0 saturated carbocycles. The van der Waals surface area contributed by atoms with Gasteiger partial charge >= 0.3 is 5.97 Å². The number of fused-ring (bicyclic) bond motifs is 1. The van der Waals surface area contributed by atoms with Gasteiger partial charge in [-0.1, -0.05) is 0 Å². The summed E-state index contributed by atoms with van der Waals surface area (Å²) in [5.41, 5.74) is 1.73. The van der Waals surface area contributed by atoms with Crippen LogP contribution in [0.4, 0.5) is 0 Å². The quantitative estimate of drug-likeness (QED) is 0.500. The summed E-state index contributed by atoms with van der Waals surface area (Å²) in [5.74, 6) is 1.07. The number of carbonyl (C=O) groups excluding carboxylic acids is 1. The Kier molecular flexibility index (Phi) is 3.94. The lowest BCUT2D eigenvalue weighted by molar-refractivity contribution is -0.135. The first-order valence-corrected chi connectivity index (χ1v) is 5.94. The molecule has 1 heterocycles. The lowest BCUT2D eigenvalue weighted by atomic mass is 10.3. The largest absolute Gasteiger partial charge is 0.426 e. The molecular formula is C13H16N2O3. The van der Waals surface area contributed by atoms with E-state index >= 15 is 0 Å². The number of aryl methyl sites for hydroxylation is 1. The summed E-state index contributed by atoms with van der Waals surface area (Å²) >= 11 is 0. The van der Waals surface area contributed by atoms with Crippen molar-refractivity contribution in [2.24, 2.45) is 0 Å². The maximum Gasteiger partial charge on any atom is 0.313 e. The summed E-state index contributed by atoms with van der Waals surface area (Å²) in [6.45, 7) is 4.76. The fourth-order valence-electron chi connectivity index (χ4n) is 1.66. The van der Waals surface area contributed by atoms with Gasteiger partial charge in [-0.05, 0) is 26.0 Å². The van der Waals surface area contributed by atoms with Crippen molar-refractivity contribution in [3.63, 3.8) is 0 Å². The molecule has 18 heavy (non-hydrogen) atoms. The average molecular weight is 248 g/mol. The highest BCUT2D eigenvalue weighted by atomic mass is 16.5. The zero-order valence-corrected chi connectivity index (χ0v) is 10.5. The molecule has 0 saturated heterocycles. The van der Waals surface area contributed by atoms with Crippen LogP contribution in [0, 0.1) is 6.92 Å². The summed E-state index contributed by atoms with van der Waals surface area (Å²) in [5, 5.41) is 0. The molecular weight excluding hydrogens is 232 g/mol. The Morgan fingerprint density at radius 2 is 2.28 bits per heavy atom. The predicted molar refractivity (Wildman–Crippen MR) is 67.6 cm³/mol. The van der Waals surface area contributed by atoms with Crippen LogP contribution in [0.25, 0.3) is 11.0 Å². The molecule has 1 N–H and O–H groups in total. The molecule has 0 unspecified atom stereocenters. The van der Waals surface area contributed by atoms with E-state index in [2.05, 4.69) is 9.97 Å². The predicted octanol–water partition coefficient (Wildman–Crippen LogP) is 2.20. The molecule has 0 fully saturated rings. The number of aromatic nitrogens is 2. The highest BCUT2D eigenvalue weighted by molar-refractivity contribution is 5.79. The normalized spacial score (nSPS) is 10.8. The van der Waals surface area contributed by atoms with E-state index in [0.29, 0.717) is 19.0 Å². The molecule has 0 aliphatic rings. The van der Waals surface area contributed by atoms with Crippen molar-refractivity contribution >= 4 is 17.0 Å². The van der Waals surface area contributed by atoms with Gasteiger partial charge in [0.15, 0.2) is 0 Å². The van der Waals surface area contributed by atoms with Crippen LogP contribution in [0.1, 0.15) is 19.2 Å². The van der Waals surface area contributed by atoms with Crippen molar-refractivity contribution in [3.05, 3.63) is 24.0 Å². The Balaban J connectivity index is 2.00. The molecule has 5 heteroatoms. The van der Waals surface area contributed by atoms with Gasteiger partial charge in [-0.25, -0.2) is 4.98 Å². The summed E-state index contributed by atoms with van der Waals surface area (Å²) in [4.78, 5) is 18.9. The minimum absolute atomic E-state index is 0.258. The maximum absolute atomic E-state index is 11.5. The molecule has 0 amide bonds. The number of ether oxygens (including phenoxy) is 2. The van der Waals surface area contributed by atoms with E-state index in [1.54, 1.807) is 12.1 Å². The number of imidazole rings is 1. The van der Waals surface area contributed by atoms with E-state index in [1.807, 2.05) is 19.9 Å². The lowest BCUT2D eigenvalue weighted by Gasteiger charge is -2.04. The van der Waals surface area contributed by atoms with Crippen molar-refractivity contribution in [1.82, 2.24) is 9.97 Å². The highest BCUT2D eigenvalue weighted by Crippen LogP contribution is 2.19. The van der Waals surface area contributed by atoms with Crippen LogP contribution in [-0.4, -0.2) is 29.2 Å². The van der Waals surface area contributed by atoms with Crippen molar-refractivity contribution in [1.29, 1.82) is 0 Å². The summed E-state index contributed by atoms with van der Waals surface area (Å²) < 4.78 is 10.3. The van der Waals surface area contributed by atoms with Crippen LogP contribution < -0.4 is 4.74 Å². The number of nitrogens with one attached hydrogen (secondary N) is 1. The number of hydrogen-bond acceptors (Lipinski definition) is 4. The number of esters is 1. The first-order valence-electron chi connectivity index (χ1n) is 5.94. The van der Waals surface area contributed by atoms with Gasteiger partial charge in [-0.15, -0.1) is 0 Å². The van der Waals surface area contributed by atoms with Gasteiger partial charge in [-0.2, -0.15) is 0 Å². The molecule has 96 valence electrons. The SMILES string of the molecule is CCOCCC(=O)Oc1ccc2nc(C)[nH]c2c1. The second kappa shape index (κ2) is 5.64. The van der Waals surface area contributed by atoms with Crippen LogP contribution in [0.15, 0.2) is 18.2 Å². The monoisotopic (exact) mass is 248 g/mol. The zero-order valence-electron chi connectivity index (χ0n) is 10.5. The molecule has 0 aliphatic carbocycles. The second-order valence-corrected chi connectivity index (χ2v) is 3.92. The first-order chi connectivity index (χ1) is 8.69. The van der Waals surface area contributed by atoms with Gasteiger partial charge < -0.3 is 14.5 Å². The van der Waals surface area contributed by atoms with Crippen LogP contribution in [0.3, 0.4) is 0 Å². The van der Waals surface area contributed by atoms with Crippen LogP contribution in [0.5, 0.6) is 5.75 Å². The number of hydrogen-bond donors (Lipinski definition) is 1. The summed E-state index contributed by atoms with van der Waals surface area (Å²) in [6, 6.07) is 5.33. The second-order valence-electron chi connectivity index (χ2n) is 3.92. The van der Waals surface area contributed by atoms with E-state index in [1.165, 1.54) is 0 Å².